The van der Waals surface area contributed by atoms with Gasteiger partial charge in [0.15, 0.2) is 9.84 Å². The minimum atomic E-state index is -2.96. The Bertz CT molecular complexity index is 589. The van der Waals surface area contributed by atoms with Crippen molar-refractivity contribution in [2.24, 2.45) is 0 Å². The van der Waals surface area contributed by atoms with Crippen molar-refractivity contribution in [3.05, 3.63) is 30.3 Å². The second-order valence-electron chi connectivity index (χ2n) is 5.61. The van der Waals surface area contributed by atoms with Crippen LogP contribution in [0.5, 0.6) is 0 Å². The van der Waals surface area contributed by atoms with Crippen molar-refractivity contribution in [2.75, 3.05) is 36.5 Å². The molecule has 2 rings (SSSR count). The highest BCUT2D eigenvalue weighted by molar-refractivity contribution is 7.91. The van der Waals surface area contributed by atoms with E-state index in [1.165, 1.54) is 0 Å². The molecule has 0 radical (unpaired) electrons. The van der Waals surface area contributed by atoms with Crippen molar-refractivity contribution >= 4 is 21.6 Å². The molecule has 1 heterocycles. The first-order valence-corrected chi connectivity index (χ1v) is 9.29. The topological polar surface area (TPSA) is 78.5 Å². The summed E-state index contributed by atoms with van der Waals surface area (Å²) in [7, 11) is -0.945. The number of anilines is 1. The quantitative estimate of drug-likeness (QED) is 0.765. The van der Waals surface area contributed by atoms with Crippen molar-refractivity contribution in [3.63, 3.8) is 0 Å². The minimum absolute atomic E-state index is 0.0527. The van der Waals surface area contributed by atoms with Crippen LogP contribution >= 0.6 is 0 Å². The number of hydrogen-bond donors (Lipinski definition) is 2. The number of rotatable bonds is 6. The predicted octanol–water partition coefficient (Wildman–Crippen LogP) is 0.999. The van der Waals surface area contributed by atoms with Gasteiger partial charge in [-0.15, -0.1) is 0 Å². The third-order valence-electron chi connectivity index (χ3n) is 3.72. The van der Waals surface area contributed by atoms with Crippen LogP contribution < -0.4 is 15.5 Å². The van der Waals surface area contributed by atoms with E-state index in [0.29, 0.717) is 13.0 Å². The van der Waals surface area contributed by atoms with Crippen molar-refractivity contribution in [1.82, 2.24) is 10.6 Å². The highest BCUT2D eigenvalue weighted by Crippen LogP contribution is 2.11. The van der Waals surface area contributed by atoms with E-state index in [0.717, 1.165) is 18.7 Å². The fraction of sp³-hybridized carbons (Fsp3) is 0.533. The molecule has 7 heteroatoms. The summed E-state index contributed by atoms with van der Waals surface area (Å²) < 4.78 is 22.6. The van der Waals surface area contributed by atoms with Gasteiger partial charge in [0.25, 0.3) is 0 Å². The van der Waals surface area contributed by atoms with Crippen LogP contribution in [0.15, 0.2) is 30.3 Å². The first kappa shape index (κ1) is 16.6. The van der Waals surface area contributed by atoms with Crippen molar-refractivity contribution in [3.8, 4) is 0 Å². The number of carbonyl (C=O) groups excluding carboxylic acids is 1. The summed E-state index contributed by atoms with van der Waals surface area (Å²) in [4.78, 5) is 13.8. The molecule has 0 saturated carbocycles. The maximum absolute atomic E-state index is 11.7. The molecule has 22 heavy (non-hydrogen) atoms. The number of amides is 2. The lowest BCUT2D eigenvalue weighted by Crippen LogP contribution is -2.43. The monoisotopic (exact) mass is 325 g/mol. The zero-order valence-electron chi connectivity index (χ0n) is 12.8. The molecule has 6 nitrogen and oxygen atoms in total. The van der Waals surface area contributed by atoms with Gasteiger partial charge >= 0.3 is 6.03 Å². The van der Waals surface area contributed by atoms with Gasteiger partial charge in [0.1, 0.15) is 0 Å². The maximum atomic E-state index is 11.7. The average molecular weight is 325 g/mol. The Morgan fingerprint density at radius 1 is 1.32 bits per heavy atom. The number of benzene rings is 1. The van der Waals surface area contributed by atoms with Gasteiger partial charge in [-0.25, -0.2) is 13.2 Å². The van der Waals surface area contributed by atoms with Crippen LogP contribution in [0.3, 0.4) is 0 Å². The van der Waals surface area contributed by atoms with E-state index in [-0.39, 0.29) is 23.6 Å². The van der Waals surface area contributed by atoms with E-state index in [4.69, 9.17) is 0 Å². The Hall–Kier alpha value is -1.76. The van der Waals surface area contributed by atoms with Gasteiger partial charge in [-0.2, -0.15) is 0 Å². The maximum Gasteiger partial charge on any atom is 0.315 e. The van der Waals surface area contributed by atoms with E-state index in [1.54, 1.807) is 0 Å². The van der Waals surface area contributed by atoms with Gasteiger partial charge in [-0.05, 0) is 25.0 Å². The molecule has 0 aliphatic carbocycles. The van der Waals surface area contributed by atoms with Gasteiger partial charge in [-0.3, -0.25) is 0 Å². The van der Waals surface area contributed by atoms with Gasteiger partial charge in [0, 0.05) is 31.9 Å². The minimum Gasteiger partial charge on any atom is -0.375 e. The van der Waals surface area contributed by atoms with Gasteiger partial charge in [0.05, 0.1) is 11.5 Å². The highest BCUT2D eigenvalue weighted by Gasteiger charge is 2.28. The number of carbonyl (C=O) groups is 1. The summed E-state index contributed by atoms with van der Waals surface area (Å²) in [5.41, 5.74) is 1.14. The van der Waals surface area contributed by atoms with E-state index in [9.17, 15) is 13.2 Å². The number of para-hydroxylation sites is 1. The van der Waals surface area contributed by atoms with Crippen molar-refractivity contribution < 1.29 is 13.2 Å². The second-order valence-corrected chi connectivity index (χ2v) is 7.84. The largest absolute Gasteiger partial charge is 0.375 e. The molecule has 122 valence electrons. The number of urea groups is 1. The van der Waals surface area contributed by atoms with Gasteiger partial charge in [0.2, 0.25) is 0 Å². The highest BCUT2D eigenvalue weighted by atomic mass is 32.2. The standard InChI is InChI=1S/C15H23N3O3S/c1-18(14-6-3-2-4-7-14)10-5-9-16-15(19)17-13-8-11-22(20,21)12-13/h2-4,6-7,13H,5,8-12H2,1H3,(H2,16,17,19). The smallest absolute Gasteiger partial charge is 0.315 e. The fourth-order valence-electron chi connectivity index (χ4n) is 2.47. The number of nitrogens with zero attached hydrogens (tertiary/aromatic N) is 1. The lowest BCUT2D eigenvalue weighted by atomic mass is 10.3. The summed E-state index contributed by atoms with van der Waals surface area (Å²) in [6.45, 7) is 1.39. The normalized spacial score (nSPS) is 19.6. The summed E-state index contributed by atoms with van der Waals surface area (Å²) in [6.07, 6.45) is 1.33. The molecule has 0 aromatic heterocycles. The molecule has 0 spiro atoms. The van der Waals surface area contributed by atoms with Crippen LogP contribution in [0, 0.1) is 0 Å². The van der Waals surface area contributed by atoms with Crippen LogP contribution in [0.1, 0.15) is 12.8 Å². The Kier molecular flexibility index (Phi) is 5.65. The second kappa shape index (κ2) is 7.49. The Morgan fingerprint density at radius 3 is 2.68 bits per heavy atom. The molecule has 1 aromatic rings. The molecule has 1 atom stereocenters. The van der Waals surface area contributed by atoms with E-state index < -0.39 is 9.84 Å². The summed E-state index contributed by atoms with van der Waals surface area (Å²) in [5.74, 6) is 0.219. The zero-order valence-corrected chi connectivity index (χ0v) is 13.6. The molecular formula is C15H23N3O3S. The number of hydrogen-bond acceptors (Lipinski definition) is 4. The molecule has 1 aliphatic rings. The van der Waals surface area contributed by atoms with E-state index in [1.807, 2.05) is 37.4 Å². The lowest BCUT2D eigenvalue weighted by molar-refractivity contribution is 0.238. The lowest BCUT2D eigenvalue weighted by Gasteiger charge is -2.19. The molecule has 1 aromatic carbocycles. The number of nitrogens with one attached hydrogen (secondary N) is 2. The summed E-state index contributed by atoms with van der Waals surface area (Å²) >= 11 is 0. The third kappa shape index (κ3) is 5.22. The molecule has 1 unspecified atom stereocenters. The Labute approximate surface area is 131 Å². The molecule has 2 N–H and O–H groups in total. The molecule has 0 bridgehead atoms. The molecular weight excluding hydrogens is 302 g/mol. The van der Waals surface area contributed by atoms with Gasteiger partial charge < -0.3 is 15.5 Å². The van der Waals surface area contributed by atoms with Crippen LogP contribution in [0.2, 0.25) is 0 Å². The van der Waals surface area contributed by atoms with Crippen molar-refractivity contribution in [1.29, 1.82) is 0 Å². The van der Waals surface area contributed by atoms with Crippen molar-refractivity contribution in [2.45, 2.75) is 18.9 Å². The Morgan fingerprint density at radius 2 is 2.05 bits per heavy atom. The average Bonchev–Trinajstić information content (AvgIpc) is 2.83. The fourth-order valence-corrected chi connectivity index (χ4v) is 4.15. The first-order valence-electron chi connectivity index (χ1n) is 7.47. The SMILES string of the molecule is CN(CCCNC(=O)NC1CCS(=O)(=O)C1)c1ccccc1. The summed E-state index contributed by atoms with van der Waals surface area (Å²) in [6, 6.07) is 9.51. The Balaban J connectivity index is 1.61. The summed E-state index contributed by atoms with van der Waals surface area (Å²) in [5, 5.41) is 5.48. The first-order chi connectivity index (χ1) is 10.5. The molecule has 1 fully saturated rings. The predicted molar refractivity (Wildman–Crippen MR) is 87.9 cm³/mol. The molecule has 2 amide bonds. The van der Waals surface area contributed by atoms with Crippen LogP contribution in [-0.2, 0) is 9.84 Å². The van der Waals surface area contributed by atoms with E-state index >= 15 is 0 Å². The van der Waals surface area contributed by atoms with Crippen LogP contribution in [-0.4, -0.2) is 52.1 Å². The number of sulfone groups is 1. The van der Waals surface area contributed by atoms with Gasteiger partial charge in [-0.1, -0.05) is 18.2 Å². The molecule has 1 saturated heterocycles. The van der Waals surface area contributed by atoms with Crippen LogP contribution in [0.4, 0.5) is 10.5 Å². The third-order valence-corrected chi connectivity index (χ3v) is 5.49. The molecule has 1 aliphatic heterocycles. The zero-order chi connectivity index (χ0) is 16.0. The van der Waals surface area contributed by atoms with Crippen LogP contribution in [0.25, 0.3) is 0 Å². The van der Waals surface area contributed by atoms with E-state index in [2.05, 4.69) is 15.5 Å².